The first kappa shape index (κ1) is 16.8. The van der Waals surface area contributed by atoms with Crippen LogP contribution in [0.1, 0.15) is 30.5 Å². The van der Waals surface area contributed by atoms with Gasteiger partial charge < -0.3 is 5.32 Å². The number of hydrogen-bond acceptors (Lipinski definition) is 1. The van der Waals surface area contributed by atoms with Gasteiger partial charge in [-0.2, -0.15) is 0 Å². The van der Waals surface area contributed by atoms with Crippen LogP contribution < -0.4 is 5.32 Å². The minimum Gasteiger partial charge on any atom is -0.306 e. The molecular formula is C16H15BrCl2FN. The third kappa shape index (κ3) is 4.19. The number of halogens is 4. The zero-order valence-corrected chi connectivity index (χ0v) is 14.6. The summed E-state index contributed by atoms with van der Waals surface area (Å²) in [6.45, 7) is 2.87. The van der Waals surface area contributed by atoms with Crippen molar-refractivity contribution >= 4 is 39.1 Å². The topological polar surface area (TPSA) is 12.0 Å². The minimum absolute atomic E-state index is 0.205. The van der Waals surface area contributed by atoms with Gasteiger partial charge in [-0.1, -0.05) is 58.2 Å². The highest BCUT2D eigenvalue weighted by Crippen LogP contribution is 2.34. The highest BCUT2D eigenvalue weighted by atomic mass is 79.9. The average molecular weight is 391 g/mol. The Morgan fingerprint density at radius 2 is 2.00 bits per heavy atom. The molecule has 21 heavy (non-hydrogen) atoms. The first-order chi connectivity index (χ1) is 10.0. The third-order valence-electron chi connectivity index (χ3n) is 3.11. The smallest absolute Gasteiger partial charge is 0.124 e. The van der Waals surface area contributed by atoms with E-state index in [1.165, 1.54) is 12.1 Å². The van der Waals surface area contributed by atoms with Crippen LogP contribution in [0.2, 0.25) is 10.0 Å². The summed E-state index contributed by atoms with van der Waals surface area (Å²) >= 11 is 15.7. The van der Waals surface area contributed by atoms with Crippen LogP contribution in [-0.2, 0) is 0 Å². The standard InChI is InChI=1S/C16H15BrCl2FN/c1-2-6-21-16(10-7-11(17)9-12(20)8-10)13-4-3-5-14(18)15(13)19/h3-5,7-9,16,21H,2,6H2,1H3. The molecule has 1 atom stereocenters. The van der Waals surface area contributed by atoms with Gasteiger partial charge in [0.15, 0.2) is 0 Å². The lowest BCUT2D eigenvalue weighted by molar-refractivity contribution is 0.585. The second-order valence-corrected chi connectivity index (χ2v) is 6.43. The molecular weight excluding hydrogens is 376 g/mol. The van der Waals surface area contributed by atoms with Crippen LogP contribution in [0.15, 0.2) is 40.9 Å². The maximum atomic E-state index is 13.7. The molecule has 0 aromatic heterocycles. The maximum absolute atomic E-state index is 13.7. The monoisotopic (exact) mass is 389 g/mol. The van der Waals surface area contributed by atoms with E-state index < -0.39 is 0 Å². The molecule has 1 N–H and O–H groups in total. The van der Waals surface area contributed by atoms with Crippen molar-refractivity contribution in [2.45, 2.75) is 19.4 Å². The van der Waals surface area contributed by atoms with Crippen molar-refractivity contribution in [2.75, 3.05) is 6.54 Å². The second-order valence-electron chi connectivity index (χ2n) is 4.73. The molecule has 0 spiro atoms. The largest absolute Gasteiger partial charge is 0.306 e. The minimum atomic E-state index is -0.291. The Kier molecular flexibility index (Phi) is 6.06. The van der Waals surface area contributed by atoms with Crippen molar-refractivity contribution in [1.82, 2.24) is 5.32 Å². The quantitative estimate of drug-likeness (QED) is 0.661. The second kappa shape index (κ2) is 7.59. The summed E-state index contributed by atoms with van der Waals surface area (Å²) in [7, 11) is 0. The van der Waals surface area contributed by atoms with Crippen LogP contribution in [0.25, 0.3) is 0 Å². The summed E-state index contributed by atoms with van der Waals surface area (Å²) in [6.07, 6.45) is 0.963. The summed E-state index contributed by atoms with van der Waals surface area (Å²) in [5, 5.41) is 4.38. The van der Waals surface area contributed by atoms with Crippen LogP contribution >= 0.6 is 39.1 Å². The van der Waals surface area contributed by atoms with Crippen molar-refractivity contribution in [3.8, 4) is 0 Å². The van der Waals surface area contributed by atoms with E-state index in [0.717, 1.165) is 24.1 Å². The zero-order valence-electron chi connectivity index (χ0n) is 11.5. The molecule has 112 valence electrons. The molecule has 0 heterocycles. The molecule has 2 aromatic carbocycles. The van der Waals surface area contributed by atoms with E-state index in [2.05, 4.69) is 28.2 Å². The lowest BCUT2D eigenvalue weighted by Gasteiger charge is -2.21. The maximum Gasteiger partial charge on any atom is 0.124 e. The van der Waals surface area contributed by atoms with Gasteiger partial charge in [0.05, 0.1) is 16.1 Å². The van der Waals surface area contributed by atoms with E-state index in [9.17, 15) is 4.39 Å². The Bertz CT molecular complexity index is 613. The molecule has 2 rings (SSSR count). The van der Waals surface area contributed by atoms with Gasteiger partial charge in [-0.15, -0.1) is 0 Å². The van der Waals surface area contributed by atoms with E-state index in [4.69, 9.17) is 23.2 Å². The van der Waals surface area contributed by atoms with Crippen LogP contribution in [-0.4, -0.2) is 6.54 Å². The van der Waals surface area contributed by atoms with E-state index in [1.807, 2.05) is 18.2 Å². The molecule has 1 unspecified atom stereocenters. The molecule has 0 aliphatic carbocycles. The fraction of sp³-hybridized carbons (Fsp3) is 0.250. The Balaban J connectivity index is 2.49. The Morgan fingerprint density at radius 3 is 2.67 bits per heavy atom. The number of rotatable bonds is 5. The molecule has 0 aliphatic rings. The molecule has 0 amide bonds. The van der Waals surface area contributed by atoms with E-state index >= 15 is 0 Å². The van der Waals surface area contributed by atoms with Gasteiger partial charge in [-0.3, -0.25) is 0 Å². The molecule has 0 aliphatic heterocycles. The molecule has 0 bridgehead atoms. The lowest BCUT2D eigenvalue weighted by atomic mass is 9.98. The summed E-state index contributed by atoms with van der Waals surface area (Å²) < 4.78 is 14.4. The molecule has 0 radical (unpaired) electrons. The zero-order chi connectivity index (χ0) is 15.4. The van der Waals surface area contributed by atoms with Crippen LogP contribution in [0, 0.1) is 5.82 Å². The Morgan fingerprint density at radius 1 is 1.24 bits per heavy atom. The van der Waals surface area contributed by atoms with E-state index in [0.29, 0.717) is 14.5 Å². The molecule has 0 fully saturated rings. The lowest BCUT2D eigenvalue weighted by Crippen LogP contribution is -2.23. The van der Waals surface area contributed by atoms with Crippen molar-refractivity contribution in [3.05, 3.63) is 67.9 Å². The average Bonchev–Trinajstić information content (AvgIpc) is 2.42. The van der Waals surface area contributed by atoms with Crippen LogP contribution in [0.5, 0.6) is 0 Å². The summed E-state index contributed by atoms with van der Waals surface area (Å²) in [5.41, 5.74) is 1.65. The van der Waals surface area contributed by atoms with Gasteiger partial charge in [-0.25, -0.2) is 4.39 Å². The highest BCUT2D eigenvalue weighted by molar-refractivity contribution is 9.10. The van der Waals surface area contributed by atoms with Gasteiger partial charge in [0.2, 0.25) is 0 Å². The fourth-order valence-electron chi connectivity index (χ4n) is 2.18. The van der Waals surface area contributed by atoms with Crippen LogP contribution in [0.4, 0.5) is 4.39 Å². The van der Waals surface area contributed by atoms with Crippen LogP contribution in [0.3, 0.4) is 0 Å². The Labute approximate surface area is 142 Å². The fourth-order valence-corrected chi connectivity index (χ4v) is 3.08. The number of hydrogen-bond donors (Lipinski definition) is 1. The van der Waals surface area contributed by atoms with Gasteiger partial charge in [0.25, 0.3) is 0 Å². The highest BCUT2D eigenvalue weighted by Gasteiger charge is 2.19. The number of benzene rings is 2. The van der Waals surface area contributed by atoms with E-state index in [-0.39, 0.29) is 11.9 Å². The first-order valence-corrected chi connectivity index (χ1v) is 8.21. The van der Waals surface area contributed by atoms with Gasteiger partial charge in [0.1, 0.15) is 5.82 Å². The molecule has 2 aromatic rings. The molecule has 5 heteroatoms. The molecule has 0 saturated carbocycles. The van der Waals surface area contributed by atoms with E-state index in [1.54, 1.807) is 6.07 Å². The van der Waals surface area contributed by atoms with Gasteiger partial charge in [0, 0.05) is 4.47 Å². The Hall–Kier alpha value is -0.610. The molecule has 1 nitrogen and oxygen atoms in total. The van der Waals surface area contributed by atoms with Crippen molar-refractivity contribution in [1.29, 1.82) is 0 Å². The normalized spacial score (nSPS) is 12.4. The number of nitrogens with one attached hydrogen (secondary N) is 1. The van der Waals surface area contributed by atoms with Gasteiger partial charge >= 0.3 is 0 Å². The first-order valence-electron chi connectivity index (χ1n) is 6.66. The third-order valence-corrected chi connectivity index (χ3v) is 4.40. The SMILES string of the molecule is CCCNC(c1cc(F)cc(Br)c1)c1cccc(Cl)c1Cl. The predicted octanol–water partition coefficient (Wildman–Crippen LogP) is 5.98. The van der Waals surface area contributed by atoms with Gasteiger partial charge in [-0.05, 0) is 48.4 Å². The van der Waals surface area contributed by atoms with Crippen molar-refractivity contribution in [2.24, 2.45) is 0 Å². The van der Waals surface area contributed by atoms with Crippen molar-refractivity contribution < 1.29 is 4.39 Å². The molecule has 0 saturated heterocycles. The summed E-state index contributed by atoms with van der Waals surface area (Å²) in [6, 6.07) is 10.1. The summed E-state index contributed by atoms with van der Waals surface area (Å²) in [4.78, 5) is 0. The predicted molar refractivity (Wildman–Crippen MR) is 90.7 cm³/mol. The van der Waals surface area contributed by atoms with Crippen molar-refractivity contribution in [3.63, 3.8) is 0 Å². The summed E-state index contributed by atoms with van der Waals surface area (Å²) in [5.74, 6) is -0.291.